The third-order valence-electron chi connectivity index (χ3n) is 4.23. The van der Waals surface area contributed by atoms with Crippen molar-refractivity contribution in [1.29, 1.82) is 0 Å². The van der Waals surface area contributed by atoms with E-state index in [4.69, 9.17) is 15.2 Å². The summed E-state index contributed by atoms with van der Waals surface area (Å²) in [7, 11) is 3.46. The molecule has 8 heteroatoms. The number of methoxy groups -OCH3 is 1. The number of nitrogens with one attached hydrogen (secondary N) is 1. The van der Waals surface area contributed by atoms with Crippen molar-refractivity contribution in [2.75, 3.05) is 24.8 Å². The highest BCUT2D eigenvalue weighted by atomic mass is 16.5. The minimum absolute atomic E-state index is 0.0527. The average Bonchev–Trinajstić information content (AvgIpc) is 3.01. The number of anilines is 2. The molecule has 0 radical (unpaired) electrons. The molecular weight excluding hydrogens is 344 g/mol. The van der Waals surface area contributed by atoms with Gasteiger partial charge in [-0.2, -0.15) is 15.1 Å². The van der Waals surface area contributed by atoms with Crippen molar-refractivity contribution in [2.24, 2.45) is 13.0 Å². The maximum absolute atomic E-state index is 6.03. The second kappa shape index (κ2) is 7.69. The lowest BCUT2D eigenvalue weighted by Crippen LogP contribution is -2.12. The topological polar surface area (TPSA) is 100 Å². The van der Waals surface area contributed by atoms with Gasteiger partial charge < -0.3 is 20.5 Å². The summed E-state index contributed by atoms with van der Waals surface area (Å²) < 4.78 is 13.0. The summed E-state index contributed by atoms with van der Waals surface area (Å²) >= 11 is 0. The predicted octanol–water partition coefficient (Wildman–Crippen LogP) is 3.16. The van der Waals surface area contributed by atoms with E-state index < -0.39 is 0 Å². The fourth-order valence-electron chi connectivity index (χ4n) is 2.71. The van der Waals surface area contributed by atoms with E-state index in [2.05, 4.69) is 34.2 Å². The minimum atomic E-state index is -0.0527. The predicted molar refractivity (Wildman–Crippen MR) is 106 cm³/mol. The molecule has 0 saturated heterocycles. The summed E-state index contributed by atoms with van der Waals surface area (Å²) in [4.78, 5) is 8.85. The summed E-state index contributed by atoms with van der Waals surface area (Å²) in [6.07, 6.45) is 1.67. The molecule has 1 aromatic carbocycles. The van der Waals surface area contributed by atoms with E-state index >= 15 is 0 Å². The Labute approximate surface area is 158 Å². The molecule has 27 heavy (non-hydrogen) atoms. The van der Waals surface area contributed by atoms with Crippen molar-refractivity contribution in [1.82, 2.24) is 19.7 Å². The second-order valence-electron chi connectivity index (χ2n) is 6.92. The van der Waals surface area contributed by atoms with Crippen LogP contribution in [0.1, 0.15) is 32.4 Å². The molecule has 0 amide bonds. The normalized spacial score (nSPS) is 12.4. The fraction of sp³-hybridized carbons (Fsp3) is 0.421. The first-order valence-corrected chi connectivity index (χ1v) is 8.91. The number of rotatable bonds is 7. The van der Waals surface area contributed by atoms with Gasteiger partial charge in [0, 0.05) is 7.05 Å². The molecule has 0 aliphatic rings. The van der Waals surface area contributed by atoms with E-state index in [0.717, 1.165) is 16.7 Å². The van der Waals surface area contributed by atoms with Crippen molar-refractivity contribution in [3.8, 4) is 11.5 Å². The van der Waals surface area contributed by atoms with Crippen LogP contribution in [0, 0.1) is 5.92 Å². The molecule has 1 unspecified atom stereocenters. The molecule has 8 nitrogen and oxygen atoms in total. The van der Waals surface area contributed by atoms with Gasteiger partial charge in [0.15, 0.2) is 17.1 Å². The van der Waals surface area contributed by atoms with Gasteiger partial charge in [-0.1, -0.05) is 19.9 Å². The molecule has 0 saturated carbocycles. The van der Waals surface area contributed by atoms with Gasteiger partial charge in [0.25, 0.3) is 0 Å². The lowest BCUT2D eigenvalue weighted by molar-refractivity contribution is 0.256. The standard InChI is InChI=1S/C19H26N6O2/c1-11(2)10-27-15-7-6-13(8-16(15)26-5)12(3)22-19-23-17(20)14-9-21-25(4)18(14)24-19/h6-9,11-12H,10H2,1-5H3,(H3,20,22,23,24). The fourth-order valence-corrected chi connectivity index (χ4v) is 2.71. The Morgan fingerprint density at radius 1 is 1.19 bits per heavy atom. The molecular formula is C19H26N6O2. The number of nitrogens with zero attached hydrogens (tertiary/aromatic N) is 4. The van der Waals surface area contributed by atoms with E-state index in [0.29, 0.717) is 35.7 Å². The first-order valence-electron chi connectivity index (χ1n) is 8.91. The van der Waals surface area contributed by atoms with E-state index in [-0.39, 0.29) is 6.04 Å². The maximum atomic E-state index is 6.03. The third-order valence-corrected chi connectivity index (χ3v) is 4.23. The molecule has 3 N–H and O–H groups in total. The molecule has 0 bridgehead atoms. The number of fused-ring (bicyclic) bond motifs is 1. The Bertz CT molecular complexity index is 937. The Morgan fingerprint density at radius 3 is 2.67 bits per heavy atom. The van der Waals surface area contributed by atoms with Crippen LogP contribution >= 0.6 is 0 Å². The number of hydrogen-bond donors (Lipinski definition) is 2. The zero-order valence-corrected chi connectivity index (χ0v) is 16.4. The SMILES string of the molecule is COc1cc(C(C)Nc2nc(N)c3cnn(C)c3n2)ccc1OCC(C)C. The van der Waals surface area contributed by atoms with Crippen molar-refractivity contribution < 1.29 is 9.47 Å². The van der Waals surface area contributed by atoms with Crippen LogP contribution in [0.15, 0.2) is 24.4 Å². The number of nitrogen functional groups attached to an aromatic ring is 1. The highest BCUT2D eigenvalue weighted by molar-refractivity contribution is 5.86. The van der Waals surface area contributed by atoms with Gasteiger partial charge in [0.2, 0.25) is 5.95 Å². The highest BCUT2D eigenvalue weighted by Crippen LogP contribution is 2.31. The lowest BCUT2D eigenvalue weighted by Gasteiger charge is -2.18. The van der Waals surface area contributed by atoms with Crippen molar-refractivity contribution in [3.05, 3.63) is 30.0 Å². The van der Waals surface area contributed by atoms with Crippen molar-refractivity contribution in [3.63, 3.8) is 0 Å². The smallest absolute Gasteiger partial charge is 0.227 e. The molecule has 2 heterocycles. The second-order valence-corrected chi connectivity index (χ2v) is 6.92. The minimum Gasteiger partial charge on any atom is -0.493 e. The van der Waals surface area contributed by atoms with Crippen LogP contribution in [0.2, 0.25) is 0 Å². The summed E-state index contributed by atoms with van der Waals surface area (Å²) in [6.45, 7) is 6.88. The monoisotopic (exact) mass is 370 g/mol. The van der Waals surface area contributed by atoms with Gasteiger partial charge >= 0.3 is 0 Å². The first-order chi connectivity index (χ1) is 12.9. The molecule has 0 spiro atoms. The van der Waals surface area contributed by atoms with Gasteiger partial charge in [-0.25, -0.2) is 0 Å². The number of benzene rings is 1. The summed E-state index contributed by atoms with van der Waals surface area (Å²) in [5, 5.41) is 8.20. The number of hydrogen-bond acceptors (Lipinski definition) is 7. The number of nitrogens with two attached hydrogens (primary N) is 1. The Morgan fingerprint density at radius 2 is 1.96 bits per heavy atom. The molecule has 0 fully saturated rings. The number of aromatic nitrogens is 4. The summed E-state index contributed by atoms with van der Waals surface area (Å²) in [5.41, 5.74) is 7.74. The van der Waals surface area contributed by atoms with Crippen LogP contribution in [-0.4, -0.2) is 33.5 Å². The van der Waals surface area contributed by atoms with Crippen LogP contribution < -0.4 is 20.5 Å². The van der Waals surface area contributed by atoms with Crippen LogP contribution in [0.4, 0.5) is 11.8 Å². The molecule has 144 valence electrons. The Balaban J connectivity index is 1.81. The van der Waals surface area contributed by atoms with Crippen molar-refractivity contribution in [2.45, 2.75) is 26.8 Å². The van der Waals surface area contributed by atoms with Gasteiger partial charge in [0.1, 0.15) is 5.82 Å². The van der Waals surface area contributed by atoms with Gasteiger partial charge in [-0.05, 0) is 30.5 Å². The molecule has 1 atom stereocenters. The van der Waals surface area contributed by atoms with Gasteiger partial charge in [0.05, 0.1) is 31.3 Å². The zero-order valence-electron chi connectivity index (χ0n) is 16.4. The van der Waals surface area contributed by atoms with E-state index in [1.54, 1.807) is 18.0 Å². The molecule has 2 aromatic heterocycles. The Kier molecular flexibility index (Phi) is 5.34. The van der Waals surface area contributed by atoms with Crippen LogP contribution in [0.5, 0.6) is 11.5 Å². The van der Waals surface area contributed by atoms with Gasteiger partial charge in [-0.3, -0.25) is 4.68 Å². The third kappa shape index (κ3) is 4.05. The number of aryl methyl sites for hydroxylation is 1. The summed E-state index contributed by atoms with van der Waals surface area (Å²) in [6, 6.07) is 5.83. The molecule has 0 aliphatic carbocycles. The highest BCUT2D eigenvalue weighted by Gasteiger charge is 2.14. The quantitative estimate of drug-likeness (QED) is 0.659. The maximum Gasteiger partial charge on any atom is 0.227 e. The summed E-state index contributed by atoms with van der Waals surface area (Å²) in [5.74, 6) is 2.73. The van der Waals surface area contributed by atoms with Crippen LogP contribution in [-0.2, 0) is 7.05 Å². The molecule has 3 rings (SSSR count). The largest absolute Gasteiger partial charge is 0.493 e. The van der Waals surface area contributed by atoms with E-state index in [1.807, 2.05) is 32.2 Å². The van der Waals surface area contributed by atoms with E-state index in [9.17, 15) is 0 Å². The number of ether oxygens (including phenoxy) is 2. The van der Waals surface area contributed by atoms with Crippen LogP contribution in [0.3, 0.4) is 0 Å². The zero-order chi connectivity index (χ0) is 19.6. The van der Waals surface area contributed by atoms with E-state index in [1.165, 1.54) is 0 Å². The molecule has 0 aliphatic heterocycles. The molecule has 3 aromatic rings. The Hall–Kier alpha value is -3.03. The average molecular weight is 370 g/mol. The van der Waals surface area contributed by atoms with Crippen LogP contribution in [0.25, 0.3) is 11.0 Å². The van der Waals surface area contributed by atoms with Crippen molar-refractivity contribution >= 4 is 22.8 Å². The first kappa shape index (κ1) is 18.8. The van der Waals surface area contributed by atoms with Gasteiger partial charge in [-0.15, -0.1) is 0 Å². The lowest BCUT2D eigenvalue weighted by atomic mass is 10.1.